The van der Waals surface area contributed by atoms with Crippen LogP contribution in [0.3, 0.4) is 0 Å². The zero-order valence-corrected chi connectivity index (χ0v) is 10.6. The molecule has 0 bridgehead atoms. The van der Waals surface area contributed by atoms with Crippen molar-refractivity contribution in [3.05, 3.63) is 10.7 Å². The van der Waals surface area contributed by atoms with E-state index in [1.165, 1.54) is 10.5 Å². The van der Waals surface area contributed by atoms with E-state index < -0.39 is 10.0 Å². The minimum absolute atomic E-state index is 0.238. The summed E-state index contributed by atoms with van der Waals surface area (Å²) in [6, 6.07) is 0. The van der Waals surface area contributed by atoms with E-state index in [1.807, 2.05) is 0 Å². The lowest BCUT2D eigenvalue weighted by Gasteiger charge is -2.13. The van der Waals surface area contributed by atoms with Gasteiger partial charge in [-0.05, 0) is 12.3 Å². The van der Waals surface area contributed by atoms with Gasteiger partial charge in [0.1, 0.15) is 0 Å². The molecule has 1 aromatic rings. The highest BCUT2D eigenvalue weighted by Gasteiger charge is 2.31. The van der Waals surface area contributed by atoms with E-state index in [1.54, 1.807) is 0 Å². The Balaban J connectivity index is 2.27. The highest BCUT2D eigenvalue weighted by molar-refractivity contribution is 7.91. The van der Waals surface area contributed by atoms with Gasteiger partial charge in [0.15, 0.2) is 8.68 Å². The molecule has 7 heteroatoms. The van der Waals surface area contributed by atoms with E-state index in [-0.39, 0.29) is 8.68 Å². The summed E-state index contributed by atoms with van der Waals surface area (Å²) in [5.74, 6) is 0.433. The van der Waals surface area contributed by atoms with Crippen molar-refractivity contribution in [1.29, 1.82) is 0 Å². The Morgan fingerprint density at radius 3 is 2.87 bits per heavy atom. The number of hydrogen-bond donors (Lipinski definition) is 0. The van der Waals surface area contributed by atoms with Crippen molar-refractivity contribution < 1.29 is 8.42 Å². The molecule has 0 aromatic carbocycles. The molecule has 1 atom stereocenters. The Morgan fingerprint density at radius 2 is 2.40 bits per heavy atom. The Morgan fingerprint density at radius 1 is 1.67 bits per heavy atom. The molecular formula is C8H11ClN2O2S2. The molecule has 0 amide bonds. The summed E-state index contributed by atoms with van der Waals surface area (Å²) in [6.45, 7) is 3.24. The van der Waals surface area contributed by atoms with Crippen molar-refractivity contribution in [1.82, 2.24) is 9.29 Å². The summed E-state index contributed by atoms with van der Waals surface area (Å²) >= 11 is 6.63. The molecule has 0 spiro atoms. The third-order valence-electron chi connectivity index (χ3n) is 2.44. The van der Waals surface area contributed by atoms with Gasteiger partial charge in [-0.15, -0.1) is 0 Å². The standard InChI is InChI=1S/C8H11ClN2O2S2/c1-6-2-3-11(5-6)15(12,13)7-4-10-8(9)14-7/h4,6H,2-3,5H2,1H3. The topological polar surface area (TPSA) is 50.3 Å². The van der Waals surface area contributed by atoms with E-state index in [0.717, 1.165) is 17.8 Å². The minimum atomic E-state index is -3.35. The second-order valence-corrected chi connectivity index (χ2v) is 7.47. The summed E-state index contributed by atoms with van der Waals surface area (Å²) in [7, 11) is -3.35. The first-order chi connectivity index (χ1) is 7.00. The van der Waals surface area contributed by atoms with Crippen molar-refractivity contribution in [2.24, 2.45) is 5.92 Å². The Hall–Kier alpha value is -0.170. The number of thiazole rings is 1. The van der Waals surface area contributed by atoms with Gasteiger partial charge in [0, 0.05) is 13.1 Å². The van der Waals surface area contributed by atoms with Crippen LogP contribution >= 0.6 is 22.9 Å². The predicted molar refractivity (Wildman–Crippen MR) is 59.7 cm³/mol. The van der Waals surface area contributed by atoms with Crippen LogP contribution in [0, 0.1) is 5.92 Å². The zero-order valence-electron chi connectivity index (χ0n) is 8.18. The number of rotatable bonds is 2. The van der Waals surface area contributed by atoms with Crippen LogP contribution in [0.5, 0.6) is 0 Å². The van der Waals surface area contributed by atoms with Crippen LogP contribution in [-0.2, 0) is 10.0 Å². The third kappa shape index (κ3) is 2.18. The van der Waals surface area contributed by atoms with Crippen molar-refractivity contribution >= 4 is 33.0 Å². The van der Waals surface area contributed by atoms with Gasteiger partial charge in [-0.2, -0.15) is 4.31 Å². The van der Waals surface area contributed by atoms with E-state index in [0.29, 0.717) is 19.0 Å². The first kappa shape index (κ1) is 11.3. The second kappa shape index (κ2) is 4.01. The van der Waals surface area contributed by atoms with Crippen molar-refractivity contribution in [2.45, 2.75) is 17.6 Å². The van der Waals surface area contributed by atoms with E-state index >= 15 is 0 Å². The Labute approximate surface area is 97.9 Å². The van der Waals surface area contributed by atoms with Crippen LogP contribution in [0.25, 0.3) is 0 Å². The van der Waals surface area contributed by atoms with Gasteiger partial charge in [-0.1, -0.05) is 29.9 Å². The van der Waals surface area contributed by atoms with E-state index in [9.17, 15) is 8.42 Å². The zero-order chi connectivity index (χ0) is 11.1. The number of halogens is 1. The number of sulfonamides is 1. The van der Waals surface area contributed by atoms with E-state index in [4.69, 9.17) is 11.6 Å². The quantitative estimate of drug-likeness (QED) is 0.821. The summed E-state index contributed by atoms with van der Waals surface area (Å²) in [4.78, 5) is 3.75. The van der Waals surface area contributed by atoms with Gasteiger partial charge in [0.05, 0.1) is 6.20 Å². The predicted octanol–water partition coefficient (Wildman–Crippen LogP) is 1.83. The lowest BCUT2D eigenvalue weighted by atomic mass is 10.2. The molecule has 1 aliphatic heterocycles. The monoisotopic (exact) mass is 266 g/mol. The minimum Gasteiger partial charge on any atom is -0.232 e. The van der Waals surface area contributed by atoms with Crippen LogP contribution < -0.4 is 0 Å². The maximum Gasteiger partial charge on any atom is 0.254 e. The van der Waals surface area contributed by atoms with Gasteiger partial charge in [-0.25, -0.2) is 13.4 Å². The molecule has 84 valence electrons. The molecule has 0 radical (unpaired) electrons. The SMILES string of the molecule is CC1CCN(S(=O)(=O)c2cnc(Cl)s2)C1. The summed E-state index contributed by atoms with van der Waals surface area (Å²) in [6.07, 6.45) is 2.25. The Kier molecular flexibility index (Phi) is 3.03. The van der Waals surface area contributed by atoms with Crippen LogP contribution in [0.15, 0.2) is 10.4 Å². The smallest absolute Gasteiger partial charge is 0.232 e. The maximum atomic E-state index is 12.0. The molecule has 2 rings (SSSR count). The van der Waals surface area contributed by atoms with Crippen LogP contribution in [-0.4, -0.2) is 30.8 Å². The largest absolute Gasteiger partial charge is 0.254 e. The fraction of sp³-hybridized carbons (Fsp3) is 0.625. The molecule has 1 aliphatic rings. The molecule has 1 saturated heterocycles. The van der Waals surface area contributed by atoms with Crippen molar-refractivity contribution in [3.63, 3.8) is 0 Å². The molecule has 0 N–H and O–H groups in total. The van der Waals surface area contributed by atoms with Gasteiger partial charge in [-0.3, -0.25) is 0 Å². The average molecular weight is 267 g/mol. The summed E-state index contributed by atoms with van der Waals surface area (Å²) < 4.78 is 26.1. The van der Waals surface area contributed by atoms with Gasteiger partial charge < -0.3 is 0 Å². The van der Waals surface area contributed by atoms with Gasteiger partial charge >= 0.3 is 0 Å². The second-order valence-electron chi connectivity index (χ2n) is 3.69. The Bertz CT molecular complexity index is 457. The van der Waals surface area contributed by atoms with E-state index in [2.05, 4.69) is 11.9 Å². The molecule has 1 fully saturated rings. The van der Waals surface area contributed by atoms with Crippen LogP contribution in [0.2, 0.25) is 4.47 Å². The number of aromatic nitrogens is 1. The van der Waals surface area contributed by atoms with Crippen LogP contribution in [0.1, 0.15) is 13.3 Å². The summed E-state index contributed by atoms with van der Waals surface area (Å²) in [5, 5.41) is 0. The highest BCUT2D eigenvalue weighted by Crippen LogP contribution is 2.28. The molecule has 1 unspecified atom stereocenters. The van der Waals surface area contributed by atoms with Crippen LogP contribution in [0.4, 0.5) is 0 Å². The molecule has 0 aliphatic carbocycles. The first-order valence-electron chi connectivity index (χ1n) is 4.61. The van der Waals surface area contributed by atoms with Gasteiger partial charge in [0.2, 0.25) is 0 Å². The number of hydrogen-bond acceptors (Lipinski definition) is 4. The van der Waals surface area contributed by atoms with Crippen molar-refractivity contribution in [3.8, 4) is 0 Å². The van der Waals surface area contributed by atoms with Gasteiger partial charge in [0.25, 0.3) is 10.0 Å². The fourth-order valence-electron chi connectivity index (χ4n) is 1.60. The maximum absolute atomic E-state index is 12.0. The molecule has 4 nitrogen and oxygen atoms in total. The summed E-state index contributed by atoms with van der Waals surface area (Å²) in [5.41, 5.74) is 0. The average Bonchev–Trinajstić information content (AvgIpc) is 2.74. The molecule has 15 heavy (non-hydrogen) atoms. The highest BCUT2D eigenvalue weighted by atomic mass is 35.5. The molecule has 2 heterocycles. The lowest BCUT2D eigenvalue weighted by molar-refractivity contribution is 0.466. The molecular weight excluding hydrogens is 256 g/mol. The fourth-order valence-corrected chi connectivity index (χ4v) is 4.62. The van der Waals surface area contributed by atoms with Crippen molar-refractivity contribution in [2.75, 3.05) is 13.1 Å². The number of nitrogens with zero attached hydrogens (tertiary/aromatic N) is 2. The normalized spacial score (nSPS) is 23.5. The first-order valence-corrected chi connectivity index (χ1v) is 7.25. The third-order valence-corrected chi connectivity index (χ3v) is 5.85. The molecule has 0 saturated carbocycles. The molecule has 1 aromatic heterocycles. The lowest BCUT2D eigenvalue weighted by Crippen LogP contribution is -2.27.